The zero-order valence-electron chi connectivity index (χ0n) is 17.9. The van der Waals surface area contributed by atoms with Gasteiger partial charge in [0.2, 0.25) is 13.0 Å². The quantitative estimate of drug-likeness (QED) is 0.417. The molecule has 0 saturated carbocycles. The van der Waals surface area contributed by atoms with Crippen molar-refractivity contribution >= 4 is 21.6 Å². The molecule has 0 bridgehead atoms. The average molecular weight is 491 g/mol. The number of hydrazone groups is 1. The van der Waals surface area contributed by atoms with E-state index >= 15 is 0 Å². The monoisotopic (exact) mass is 490 g/mol. The largest absolute Gasteiger partial charge is 0.464 e. The number of nitrogens with zero attached hydrogens (tertiary/aromatic N) is 2. The van der Waals surface area contributed by atoms with Crippen LogP contribution in [0.25, 0.3) is 0 Å². The van der Waals surface area contributed by atoms with Crippen LogP contribution in [0.15, 0.2) is 70.2 Å². The molecule has 0 unspecified atom stereocenters. The van der Waals surface area contributed by atoms with E-state index in [-0.39, 0.29) is 19.1 Å². The molecule has 5 nitrogen and oxygen atoms in total. The molecule has 6 heteroatoms. The fraction of sp³-hybridized carbons (Fsp3) is 0.269. The predicted molar refractivity (Wildman–Crippen MR) is 126 cm³/mol. The molecular weight excluding hydrogens is 468 g/mol. The van der Waals surface area contributed by atoms with Crippen LogP contribution < -0.4 is 14.2 Å². The highest BCUT2D eigenvalue weighted by molar-refractivity contribution is 9.10. The molecule has 3 aliphatic rings. The summed E-state index contributed by atoms with van der Waals surface area (Å²) in [4.78, 5) is 0. The van der Waals surface area contributed by atoms with E-state index in [1.54, 1.807) is 0 Å². The van der Waals surface area contributed by atoms with Crippen molar-refractivity contribution < 1.29 is 14.2 Å². The minimum absolute atomic E-state index is 0.103. The molecule has 3 heterocycles. The first kappa shape index (κ1) is 19.7. The normalized spacial score (nSPS) is 20.6. The van der Waals surface area contributed by atoms with Crippen LogP contribution in [0.3, 0.4) is 0 Å². The topological polar surface area (TPSA) is 43.3 Å². The average Bonchev–Trinajstić information content (AvgIpc) is 3.45. The molecule has 3 aromatic rings. The highest BCUT2D eigenvalue weighted by atomic mass is 79.9. The Hall–Kier alpha value is -2.99. The SMILES string of the molecule is CC(C)c1ccc([C@@H]2Oc3ccc(Br)cc3[C@@H]3CC(c4ccc5c(c4)OCO5)=NN32)cc1. The van der Waals surface area contributed by atoms with Gasteiger partial charge in [-0.25, -0.2) is 5.01 Å². The smallest absolute Gasteiger partial charge is 0.231 e. The molecule has 2 atom stereocenters. The third-order valence-corrected chi connectivity index (χ3v) is 6.84. The van der Waals surface area contributed by atoms with Crippen LogP contribution in [-0.2, 0) is 0 Å². The Morgan fingerprint density at radius 2 is 1.72 bits per heavy atom. The minimum atomic E-state index is -0.276. The number of benzene rings is 3. The number of hydrogen-bond acceptors (Lipinski definition) is 5. The van der Waals surface area contributed by atoms with E-state index in [1.807, 2.05) is 24.3 Å². The zero-order valence-corrected chi connectivity index (χ0v) is 19.5. The summed E-state index contributed by atoms with van der Waals surface area (Å²) in [6.45, 7) is 4.68. The van der Waals surface area contributed by atoms with Gasteiger partial charge >= 0.3 is 0 Å². The first-order chi connectivity index (χ1) is 15.6. The second-order valence-electron chi connectivity index (χ2n) is 8.69. The van der Waals surface area contributed by atoms with E-state index < -0.39 is 0 Å². The Labute approximate surface area is 195 Å². The molecule has 32 heavy (non-hydrogen) atoms. The molecule has 0 spiro atoms. The highest BCUT2D eigenvalue weighted by Gasteiger charge is 2.41. The maximum atomic E-state index is 6.50. The molecule has 162 valence electrons. The molecule has 3 aliphatic heterocycles. The van der Waals surface area contributed by atoms with Crippen molar-refractivity contribution in [2.24, 2.45) is 5.10 Å². The number of ether oxygens (including phenoxy) is 3. The molecule has 0 amide bonds. The second-order valence-corrected chi connectivity index (χ2v) is 9.60. The van der Waals surface area contributed by atoms with Gasteiger partial charge in [-0.05, 0) is 47.9 Å². The van der Waals surface area contributed by atoms with Gasteiger partial charge in [-0.2, -0.15) is 5.10 Å². The highest BCUT2D eigenvalue weighted by Crippen LogP contribution is 2.48. The second kappa shape index (κ2) is 7.55. The lowest BCUT2D eigenvalue weighted by Gasteiger charge is -2.38. The molecule has 0 radical (unpaired) electrons. The lowest BCUT2D eigenvalue weighted by molar-refractivity contribution is -0.0190. The van der Waals surface area contributed by atoms with Crippen molar-refractivity contribution in [3.63, 3.8) is 0 Å². The molecule has 0 N–H and O–H groups in total. The van der Waals surface area contributed by atoms with Crippen molar-refractivity contribution in [1.29, 1.82) is 0 Å². The van der Waals surface area contributed by atoms with Gasteiger partial charge in [0, 0.05) is 27.6 Å². The third kappa shape index (κ3) is 3.25. The van der Waals surface area contributed by atoms with Crippen molar-refractivity contribution in [2.75, 3.05) is 6.79 Å². The lowest BCUT2D eigenvalue weighted by atomic mass is 9.95. The van der Waals surface area contributed by atoms with Gasteiger partial charge in [-0.15, -0.1) is 0 Å². The molecule has 3 aromatic carbocycles. The van der Waals surface area contributed by atoms with Crippen molar-refractivity contribution in [1.82, 2.24) is 5.01 Å². The summed E-state index contributed by atoms with van der Waals surface area (Å²) in [7, 11) is 0. The van der Waals surface area contributed by atoms with Crippen LogP contribution in [0.2, 0.25) is 0 Å². The van der Waals surface area contributed by atoms with E-state index in [0.717, 1.165) is 50.5 Å². The maximum Gasteiger partial charge on any atom is 0.231 e. The standard InChI is InChI=1S/C26H23BrN2O3/c1-15(2)16-3-5-17(6-4-16)26-29-22(20-12-19(27)8-10-23(20)32-26)13-21(28-29)18-7-9-24-25(11-18)31-14-30-24/h3-12,15,22,26H,13-14H2,1-2H3/t22-,26-/m0/s1. The Bertz CT molecular complexity index is 1220. The van der Waals surface area contributed by atoms with Crippen LogP contribution in [0.1, 0.15) is 60.7 Å². The first-order valence-corrected chi connectivity index (χ1v) is 11.7. The summed E-state index contributed by atoms with van der Waals surface area (Å²) in [5, 5.41) is 7.17. The Kier molecular flexibility index (Phi) is 4.65. The molecule has 0 fully saturated rings. The molecule has 6 rings (SSSR count). The van der Waals surface area contributed by atoms with E-state index in [0.29, 0.717) is 5.92 Å². The van der Waals surface area contributed by atoms with Gasteiger partial charge < -0.3 is 14.2 Å². The molecule has 0 aliphatic carbocycles. The van der Waals surface area contributed by atoms with Gasteiger partial charge in [0.05, 0.1) is 11.8 Å². The summed E-state index contributed by atoms with van der Waals surface area (Å²) in [5.41, 5.74) is 5.64. The Balaban J connectivity index is 1.41. The van der Waals surface area contributed by atoms with Crippen molar-refractivity contribution in [3.05, 3.63) is 87.4 Å². The van der Waals surface area contributed by atoms with Crippen LogP contribution in [-0.4, -0.2) is 17.5 Å². The minimum Gasteiger partial charge on any atom is -0.464 e. The lowest BCUT2D eigenvalue weighted by Crippen LogP contribution is -2.33. The summed E-state index contributed by atoms with van der Waals surface area (Å²) in [5.74, 6) is 2.96. The molecule has 0 aromatic heterocycles. The Morgan fingerprint density at radius 1 is 0.938 bits per heavy atom. The van der Waals surface area contributed by atoms with Gasteiger partial charge in [-0.1, -0.05) is 54.0 Å². The first-order valence-electron chi connectivity index (χ1n) is 10.9. The number of halogens is 1. The Morgan fingerprint density at radius 3 is 2.53 bits per heavy atom. The van der Waals surface area contributed by atoms with Gasteiger partial charge in [0.1, 0.15) is 5.75 Å². The van der Waals surface area contributed by atoms with Gasteiger partial charge in [0.15, 0.2) is 11.5 Å². The van der Waals surface area contributed by atoms with Gasteiger partial charge in [-0.3, -0.25) is 0 Å². The van der Waals surface area contributed by atoms with Crippen LogP contribution in [0.5, 0.6) is 17.2 Å². The molecular formula is C26H23BrN2O3. The summed E-state index contributed by atoms with van der Waals surface area (Å²) >= 11 is 3.62. The van der Waals surface area contributed by atoms with Crippen LogP contribution in [0.4, 0.5) is 0 Å². The van der Waals surface area contributed by atoms with E-state index in [4.69, 9.17) is 19.3 Å². The number of fused-ring (bicyclic) bond motifs is 4. The van der Waals surface area contributed by atoms with Crippen LogP contribution >= 0.6 is 15.9 Å². The summed E-state index contributed by atoms with van der Waals surface area (Å²) in [6.07, 6.45) is 0.522. The van der Waals surface area contributed by atoms with E-state index in [9.17, 15) is 0 Å². The van der Waals surface area contributed by atoms with Gasteiger partial charge in [0.25, 0.3) is 0 Å². The van der Waals surface area contributed by atoms with E-state index in [1.165, 1.54) is 5.56 Å². The number of rotatable bonds is 3. The van der Waals surface area contributed by atoms with Crippen molar-refractivity contribution in [3.8, 4) is 17.2 Å². The van der Waals surface area contributed by atoms with Crippen LogP contribution in [0, 0.1) is 0 Å². The zero-order chi connectivity index (χ0) is 21.8. The predicted octanol–water partition coefficient (Wildman–Crippen LogP) is 6.54. The molecule has 0 saturated heterocycles. The fourth-order valence-corrected chi connectivity index (χ4v) is 4.95. The fourth-order valence-electron chi connectivity index (χ4n) is 4.57. The summed E-state index contributed by atoms with van der Waals surface area (Å²) < 4.78 is 18.6. The van der Waals surface area contributed by atoms with E-state index in [2.05, 4.69) is 71.2 Å². The summed E-state index contributed by atoms with van der Waals surface area (Å²) in [6, 6.07) is 21.1. The third-order valence-electron chi connectivity index (χ3n) is 6.35. The number of hydrogen-bond donors (Lipinski definition) is 0. The maximum absolute atomic E-state index is 6.50. The van der Waals surface area contributed by atoms with Crippen molar-refractivity contribution in [2.45, 2.75) is 38.5 Å².